The zero-order valence-electron chi connectivity index (χ0n) is 27.3. The summed E-state index contributed by atoms with van der Waals surface area (Å²) in [6.45, 7) is 5.07. The van der Waals surface area contributed by atoms with Gasteiger partial charge in [-0.2, -0.15) is 0 Å². The van der Waals surface area contributed by atoms with Crippen molar-refractivity contribution in [1.82, 2.24) is 14.8 Å². The second kappa shape index (κ2) is 12.0. The maximum absolute atomic E-state index is 13.1. The summed E-state index contributed by atoms with van der Waals surface area (Å²) in [5.74, 6) is 3.58. The molecule has 4 aliphatic rings. The lowest BCUT2D eigenvalue weighted by Gasteiger charge is -2.58. The largest absolute Gasteiger partial charge is 0.393 e. The van der Waals surface area contributed by atoms with Crippen molar-refractivity contribution in [2.24, 2.45) is 28.6 Å². The van der Waals surface area contributed by atoms with E-state index in [2.05, 4.69) is 47.1 Å². The number of anilines is 1. The summed E-state index contributed by atoms with van der Waals surface area (Å²) in [7, 11) is 0. The molecule has 0 saturated heterocycles. The Kier molecular flexibility index (Phi) is 7.97. The first-order valence-corrected chi connectivity index (χ1v) is 19.1. The zero-order chi connectivity index (χ0) is 32.3. The first-order chi connectivity index (χ1) is 22.8. The number of para-hydroxylation sites is 1. The Labute approximate surface area is 285 Å². The molecule has 3 N–H and O–H groups in total. The predicted molar refractivity (Wildman–Crippen MR) is 191 cm³/mol. The lowest BCUT2D eigenvalue weighted by atomic mass is 9.47. The number of benzene rings is 2. The molecule has 0 aliphatic heterocycles. The van der Waals surface area contributed by atoms with Gasteiger partial charge in [-0.05, 0) is 109 Å². The first kappa shape index (κ1) is 31.1. The van der Waals surface area contributed by atoms with E-state index in [1.165, 1.54) is 42.2 Å². The Hall–Kier alpha value is -3.20. The molecule has 4 aromatic rings. The number of carbonyl (C=O) groups is 1. The van der Waals surface area contributed by atoms with Crippen molar-refractivity contribution < 1.29 is 9.90 Å². The molecule has 7 atom stereocenters. The minimum Gasteiger partial charge on any atom is -0.393 e. The predicted octanol–water partition coefficient (Wildman–Crippen LogP) is 8.96. The monoisotopic (exact) mass is 664 g/mol. The number of allylic oxidation sites excluding steroid dienone is 1. The topological polar surface area (TPSA) is 94.0 Å². The highest BCUT2D eigenvalue weighted by Gasteiger charge is 2.59. The van der Waals surface area contributed by atoms with Crippen LogP contribution in [0.2, 0.25) is 0 Å². The fourth-order valence-electron chi connectivity index (χ4n) is 10.2. The van der Waals surface area contributed by atoms with Gasteiger partial charge in [-0.1, -0.05) is 85.8 Å². The molecule has 47 heavy (non-hydrogen) atoms. The third kappa shape index (κ3) is 5.13. The molecule has 0 amide bonds. The van der Waals surface area contributed by atoms with Gasteiger partial charge in [-0.3, -0.25) is 9.36 Å². The second-order valence-corrected chi connectivity index (χ2v) is 16.7. The highest BCUT2D eigenvalue weighted by molar-refractivity contribution is 7.99. The number of nitrogens with zero attached hydrogens (tertiary/aromatic N) is 3. The molecule has 3 fully saturated rings. The van der Waals surface area contributed by atoms with Gasteiger partial charge in [0.15, 0.2) is 16.8 Å². The van der Waals surface area contributed by atoms with E-state index < -0.39 is 0 Å². The van der Waals surface area contributed by atoms with E-state index >= 15 is 0 Å². The van der Waals surface area contributed by atoms with Gasteiger partial charge in [0, 0.05) is 11.3 Å². The van der Waals surface area contributed by atoms with Crippen LogP contribution in [0.4, 0.5) is 5.00 Å². The highest BCUT2D eigenvalue weighted by atomic mass is 32.2. The number of ketones is 1. The van der Waals surface area contributed by atoms with E-state index in [1.54, 1.807) is 11.3 Å². The number of carbonyl (C=O) groups excluding carboxylic acids is 1. The van der Waals surface area contributed by atoms with Crippen LogP contribution in [0.3, 0.4) is 0 Å². The lowest BCUT2D eigenvalue weighted by molar-refractivity contribution is -0.0408. The molecule has 8 rings (SSSR count). The van der Waals surface area contributed by atoms with Crippen LogP contribution >= 0.6 is 23.1 Å². The number of thioether (sulfide) groups is 1. The molecule has 0 bridgehead atoms. The van der Waals surface area contributed by atoms with Crippen molar-refractivity contribution >= 4 is 33.9 Å². The smallest absolute Gasteiger partial charge is 0.196 e. The van der Waals surface area contributed by atoms with E-state index in [9.17, 15) is 9.90 Å². The van der Waals surface area contributed by atoms with Gasteiger partial charge < -0.3 is 10.8 Å². The third-order valence-corrected chi connectivity index (χ3v) is 14.4. The molecular weight excluding hydrogens is 621 g/mol. The second-order valence-electron chi connectivity index (χ2n) is 14.8. The van der Waals surface area contributed by atoms with E-state index in [-0.39, 0.29) is 28.5 Å². The highest BCUT2D eigenvalue weighted by Crippen LogP contribution is 2.68. The maximum Gasteiger partial charge on any atom is 0.196 e. The number of nitrogens with two attached hydrogens (primary N) is 1. The van der Waals surface area contributed by atoms with Crippen LogP contribution in [0.15, 0.2) is 82.8 Å². The van der Waals surface area contributed by atoms with Crippen molar-refractivity contribution in [1.29, 1.82) is 0 Å². The van der Waals surface area contributed by atoms with Gasteiger partial charge in [0.05, 0.1) is 22.4 Å². The van der Waals surface area contributed by atoms with Gasteiger partial charge >= 0.3 is 0 Å². The molecule has 244 valence electrons. The number of aromatic nitrogens is 3. The molecule has 8 heteroatoms. The average molecular weight is 665 g/mol. The quantitative estimate of drug-likeness (QED) is 0.116. The summed E-state index contributed by atoms with van der Waals surface area (Å²) < 4.78 is 2.10. The number of hydrogen-bond acceptors (Lipinski definition) is 7. The van der Waals surface area contributed by atoms with Crippen LogP contribution in [0.1, 0.15) is 87.1 Å². The number of rotatable bonds is 7. The molecule has 2 aromatic heterocycles. The average Bonchev–Trinajstić information content (AvgIpc) is 3.78. The Morgan fingerprint density at radius 3 is 2.55 bits per heavy atom. The molecule has 6 nitrogen and oxygen atoms in total. The molecule has 2 aromatic carbocycles. The van der Waals surface area contributed by atoms with Crippen molar-refractivity contribution in [2.75, 3.05) is 11.5 Å². The van der Waals surface area contributed by atoms with Gasteiger partial charge in [0.25, 0.3) is 0 Å². The minimum atomic E-state index is -0.167. The minimum absolute atomic E-state index is 0.0685. The lowest BCUT2D eigenvalue weighted by Crippen LogP contribution is -2.50. The van der Waals surface area contributed by atoms with Crippen molar-refractivity contribution in [3.63, 3.8) is 0 Å². The van der Waals surface area contributed by atoms with Crippen molar-refractivity contribution in [2.45, 2.75) is 82.4 Å². The zero-order valence-corrected chi connectivity index (χ0v) is 28.9. The summed E-state index contributed by atoms with van der Waals surface area (Å²) in [6.07, 6.45) is 11.3. The summed E-state index contributed by atoms with van der Waals surface area (Å²) >= 11 is 3.05. The number of aliphatic hydroxyl groups is 1. The van der Waals surface area contributed by atoms with Crippen molar-refractivity contribution in [3.8, 4) is 17.1 Å². The summed E-state index contributed by atoms with van der Waals surface area (Å²) in [6, 6.07) is 19.6. The van der Waals surface area contributed by atoms with Gasteiger partial charge in [-0.25, -0.2) is 0 Å². The Morgan fingerprint density at radius 1 is 1.00 bits per heavy atom. The van der Waals surface area contributed by atoms with E-state index in [0.29, 0.717) is 34.4 Å². The van der Waals surface area contributed by atoms with E-state index in [4.69, 9.17) is 10.8 Å². The SMILES string of the molecule is C[C@]12CC[C@H]3[C@@H](CC=C4CC(O)CC[C@@]43C)[C@@H]1CC[C@@H]2c1csc(N)c1-c1nnc(SCC(=O)c2ccccc2)n1-c1ccccc1. The number of hydrogen-bond donors (Lipinski definition) is 2. The molecule has 4 aliphatic carbocycles. The van der Waals surface area contributed by atoms with Crippen LogP contribution < -0.4 is 5.73 Å². The molecule has 2 heterocycles. The van der Waals surface area contributed by atoms with Crippen molar-refractivity contribution in [3.05, 3.63) is 88.8 Å². The summed E-state index contributed by atoms with van der Waals surface area (Å²) in [4.78, 5) is 13.1. The number of thiophene rings is 1. The molecular formula is C39H44N4O2S2. The maximum atomic E-state index is 13.1. The fraction of sp³-hybridized carbons (Fsp3) is 0.462. The Balaban J connectivity index is 1.13. The molecule has 1 unspecified atom stereocenters. The first-order valence-electron chi connectivity index (χ1n) is 17.2. The number of nitrogen functional groups attached to an aromatic ring is 1. The Bertz CT molecular complexity index is 1820. The molecule has 0 radical (unpaired) electrons. The van der Waals surface area contributed by atoms with Gasteiger partial charge in [0.2, 0.25) is 0 Å². The van der Waals surface area contributed by atoms with Crippen LogP contribution in [-0.4, -0.2) is 37.5 Å². The van der Waals surface area contributed by atoms with Crippen LogP contribution in [0, 0.1) is 28.6 Å². The fourth-order valence-corrected chi connectivity index (χ4v) is 11.9. The van der Waals surface area contributed by atoms with E-state index in [1.807, 2.05) is 48.5 Å². The Morgan fingerprint density at radius 2 is 1.77 bits per heavy atom. The van der Waals surface area contributed by atoms with E-state index in [0.717, 1.165) is 54.2 Å². The third-order valence-electron chi connectivity index (χ3n) is 12.6. The van der Waals surface area contributed by atoms with Crippen LogP contribution in [-0.2, 0) is 0 Å². The normalized spacial score (nSPS) is 31.5. The van der Waals surface area contributed by atoms with Crippen LogP contribution in [0.25, 0.3) is 17.1 Å². The van der Waals surface area contributed by atoms with Gasteiger partial charge in [-0.15, -0.1) is 21.5 Å². The molecule has 0 spiro atoms. The number of Topliss-reactive ketones (excluding diaryl/α,β-unsaturated/α-hetero) is 1. The van der Waals surface area contributed by atoms with Gasteiger partial charge in [0.1, 0.15) is 0 Å². The van der Waals surface area contributed by atoms with Crippen LogP contribution in [0.5, 0.6) is 0 Å². The molecule has 3 saturated carbocycles. The summed E-state index contributed by atoms with van der Waals surface area (Å²) in [5.41, 5.74) is 12.8. The standard InChI is InChI=1S/C39H44N4O2S2/c1-38-19-17-27(44)21-25(38)13-14-28-30-15-16-31(39(30,2)20-18-32(28)38)29-22-46-35(40)34(29)36-41-42-37(43(36)26-11-7-4-8-12-26)47-23-33(45)24-9-5-3-6-10-24/h3-13,22,27-28,30-32,44H,14-21,23,40H2,1-2H3/t27?,28-,30-,31+,32-,38-,39-/m0/s1. The summed E-state index contributed by atoms with van der Waals surface area (Å²) in [5, 5.41) is 23.7. The number of aliphatic hydroxyl groups excluding tert-OH is 1. The number of fused-ring (bicyclic) bond motifs is 5.